The largest absolute Gasteiger partial charge is 0.270 e. The van der Waals surface area contributed by atoms with Crippen molar-refractivity contribution in [2.45, 2.75) is 12.8 Å². The van der Waals surface area contributed by atoms with Gasteiger partial charge in [0.1, 0.15) is 0 Å². The van der Waals surface area contributed by atoms with Gasteiger partial charge in [-0.25, -0.2) is 8.42 Å². The lowest BCUT2D eigenvalue weighted by Gasteiger charge is -2.29. The van der Waals surface area contributed by atoms with Gasteiger partial charge >= 0.3 is 0 Å². The van der Waals surface area contributed by atoms with Crippen LogP contribution in [0.3, 0.4) is 0 Å². The summed E-state index contributed by atoms with van der Waals surface area (Å²) in [5, 5.41) is 0.894. The second kappa shape index (κ2) is 4.24. The Hall–Kier alpha value is -1.62. The van der Waals surface area contributed by atoms with Crippen molar-refractivity contribution < 1.29 is 8.42 Å². The lowest BCUT2D eigenvalue weighted by molar-refractivity contribution is 0.575. The van der Waals surface area contributed by atoms with E-state index in [1.807, 2.05) is 24.3 Å². The summed E-state index contributed by atoms with van der Waals surface area (Å²) in [7, 11) is -3.16. The lowest BCUT2D eigenvalue weighted by atomic mass is 10.2. The van der Waals surface area contributed by atoms with E-state index in [4.69, 9.17) is 0 Å². The first-order valence-electron chi connectivity index (χ1n) is 6.03. The third-order valence-electron chi connectivity index (χ3n) is 3.24. The van der Waals surface area contributed by atoms with E-state index in [0.29, 0.717) is 6.54 Å². The molecule has 0 radical (unpaired) electrons. The van der Waals surface area contributed by atoms with Crippen LogP contribution in [-0.4, -0.2) is 25.7 Å². The number of benzene rings is 1. The Kier molecular flexibility index (Phi) is 2.70. The van der Waals surface area contributed by atoms with Gasteiger partial charge in [0, 0.05) is 18.1 Å². The molecule has 1 aromatic heterocycles. The first kappa shape index (κ1) is 11.5. The molecule has 0 aliphatic carbocycles. The van der Waals surface area contributed by atoms with Crippen molar-refractivity contribution >= 4 is 26.6 Å². The predicted octanol–water partition coefficient (Wildman–Crippen LogP) is 2.16. The van der Waals surface area contributed by atoms with Gasteiger partial charge in [-0.15, -0.1) is 0 Å². The van der Waals surface area contributed by atoms with Gasteiger partial charge in [-0.05, 0) is 25.0 Å². The molecule has 2 aromatic rings. The van der Waals surface area contributed by atoms with Crippen molar-refractivity contribution in [3.8, 4) is 0 Å². The van der Waals surface area contributed by atoms with Crippen LogP contribution in [0.4, 0.5) is 5.69 Å². The Labute approximate surface area is 106 Å². The molecule has 0 saturated carbocycles. The molecule has 3 rings (SSSR count). The second-order valence-corrected chi connectivity index (χ2v) is 6.46. The Bertz CT molecular complexity index is 677. The summed E-state index contributed by atoms with van der Waals surface area (Å²) in [5.41, 5.74) is 1.58. The molecular weight excluding hydrogens is 248 g/mol. The van der Waals surface area contributed by atoms with Crippen molar-refractivity contribution in [3.05, 3.63) is 36.5 Å². The summed E-state index contributed by atoms with van der Waals surface area (Å²) in [6.07, 6.45) is 3.33. The number of nitrogens with zero attached hydrogens (tertiary/aromatic N) is 2. The maximum absolute atomic E-state index is 12.1. The molecule has 0 unspecified atom stereocenters. The zero-order chi connectivity index (χ0) is 12.6. The number of sulfonamides is 1. The molecule has 1 aliphatic heterocycles. The van der Waals surface area contributed by atoms with E-state index >= 15 is 0 Å². The smallest absolute Gasteiger partial charge is 0.235 e. The van der Waals surface area contributed by atoms with E-state index in [1.165, 1.54) is 4.31 Å². The van der Waals surface area contributed by atoms with Crippen molar-refractivity contribution in [1.82, 2.24) is 4.98 Å². The van der Waals surface area contributed by atoms with Crippen LogP contribution in [0.2, 0.25) is 0 Å². The average molecular weight is 262 g/mol. The minimum atomic E-state index is -3.16. The molecular formula is C13H14N2O2S. The SMILES string of the molecule is O=S1(=O)CCCCN1c1ccnc2ccccc12. The van der Waals surface area contributed by atoms with Gasteiger partial charge in [-0.1, -0.05) is 18.2 Å². The van der Waals surface area contributed by atoms with Crippen LogP contribution in [0.15, 0.2) is 36.5 Å². The highest BCUT2D eigenvalue weighted by atomic mass is 32.2. The number of rotatable bonds is 1. The van der Waals surface area contributed by atoms with E-state index in [1.54, 1.807) is 12.3 Å². The van der Waals surface area contributed by atoms with Crippen LogP contribution >= 0.6 is 0 Å². The van der Waals surface area contributed by atoms with Gasteiger partial charge in [0.25, 0.3) is 0 Å². The van der Waals surface area contributed by atoms with Crippen molar-refractivity contribution in [2.24, 2.45) is 0 Å². The number of hydrogen-bond acceptors (Lipinski definition) is 3. The van der Waals surface area contributed by atoms with E-state index < -0.39 is 10.0 Å². The summed E-state index contributed by atoms with van der Waals surface area (Å²) in [6.45, 7) is 0.566. The van der Waals surface area contributed by atoms with Crippen molar-refractivity contribution in [1.29, 1.82) is 0 Å². The number of aromatic nitrogens is 1. The second-order valence-electron chi connectivity index (χ2n) is 4.44. The molecule has 1 aromatic carbocycles. The molecule has 0 spiro atoms. The average Bonchev–Trinajstić information content (AvgIpc) is 2.38. The number of para-hydroxylation sites is 1. The fourth-order valence-corrected chi connectivity index (χ4v) is 4.01. The summed E-state index contributed by atoms with van der Waals surface area (Å²) >= 11 is 0. The van der Waals surface area contributed by atoms with E-state index in [0.717, 1.165) is 29.4 Å². The minimum absolute atomic E-state index is 0.240. The Morgan fingerprint density at radius 1 is 1.11 bits per heavy atom. The maximum atomic E-state index is 12.1. The Morgan fingerprint density at radius 3 is 2.78 bits per heavy atom. The number of hydrogen-bond donors (Lipinski definition) is 0. The Morgan fingerprint density at radius 2 is 1.94 bits per heavy atom. The third-order valence-corrected chi connectivity index (χ3v) is 5.10. The lowest BCUT2D eigenvalue weighted by Crippen LogP contribution is -2.37. The van der Waals surface area contributed by atoms with Gasteiger partial charge < -0.3 is 0 Å². The minimum Gasteiger partial charge on any atom is -0.270 e. The monoisotopic (exact) mass is 262 g/mol. The quantitative estimate of drug-likeness (QED) is 0.791. The molecule has 2 heterocycles. The van der Waals surface area contributed by atoms with Gasteiger partial charge in [0.05, 0.1) is 17.0 Å². The molecule has 0 amide bonds. The first-order chi connectivity index (χ1) is 8.68. The molecule has 1 aliphatic rings. The molecule has 5 heteroatoms. The van der Waals surface area contributed by atoms with Crippen molar-refractivity contribution in [2.75, 3.05) is 16.6 Å². The molecule has 0 bridgehead atoms. The van der Waals surface area contributed by atoms with E-state index in [2.05, 4.69) is 4.98 Å². The molecule has 0 N–H and O–H groups in total. The fraction of sp³-hybridized carbons (Fsp3) is 0.308. The summed E-state index contributed by atoms with van der Waals surface area (Å²) in [6, 6.07) is 9.41. The van der Waals surface area contributed by atoms with Crippen LogP contribution in [0.5, 0.6) is 0 Å². The normalized spacial score (nSPS) is 19.0. The summed E-state index contributed by atoms with van der Waals surface area (Å²) in [4.78, 5) is 4.26. The zero-order valence-corrected chi connectivity index (χ0v) is 10.7. The third kappa shape index (κ3) is 1.84. The fourth-order valence-electron chi connectivity index (χ4n) is 2.36. The molecule has 94 valence electrons. The number of anilines is 1. The van der Waals surface area contributed by atoms with Crippen LogP contribution in [0.1, 0.15) is 12.8 Å². The predicted molar refractivity (Wildman–Crippen MR) is 72.1 cm³/mol. The summed E-state index contributed by atoms with van der Waals surface area (Å²) < 4.78 is 25.8. The van der Waals surface area contributed by atoms with Crippen LogP contribution < -0.4 is 4.31 Å². The number of pyridine rings is 1. The maximum Gasteiger partial charge on any atom is 0.235 e. The van der Waals surface area contributed by atoms with Crippen LogP contribution in [-0.2, 0) is 10.0 Å². The van der Waals surface area contributed by atoms with Crippen LogP contribution in [0, 0.1) is 0 Å². The zero-order valence-electron chi connectivity index (χ0n) is 9.91. The standard InChI is InChI=1S/C13H14N2O2S/c16-18(17)10-4-3-9-15(18)13-7-8-14-12-6-2-1-5-11(12)13/h1-2,5-8H,3-4,9-10H2. The summed E-state index contributed by atoms with van der Waals surface area (Å²) in [5.74, 6) is 0.240. The first-order valence-corrected chi connectivity index (χ1v) is 7.63. The molecule has 1 fully saturated rings. The van der Waals surface area contributed by atoms with Gasteiger partial charge in [0.2, 0.25) is 10.0 Å². The van der Waals surface area contributed by atoms with Gasteiger partial charge in [0.15, 0.2) is 0 Å². The molecule has 18 heavy (non-hydrogen) atoms. The number of fused-ring (bicyclic) bond motifs is 1. The highest BCUT2D eigenvalue weighted by molar-refractivity contribution is 7.92. The van der Waals surface area contributed by atoms with E-state index in [9.17, 15) is 8.42 Å². The van der Waals surface area contributed by atoms with Crippen LogP contribution in [0.25, 0.3) is 10.9 Å². The van der Waals surface area contributed by atoms with E-state index in [-0.39, 0.29) is 5.75 Å². The highest BCUT2D eigenvalue weighted by Gasteiger charge is 2.27. The van der Waals surface area contributed by atoms with Crippen molar-refractivity contribution in [3.63, 3.8) is 0 Å². The highest BCUT2D eigenvalue weighted by Crippen LogP contribution is 2.29. The molecule has 1 saturated heterocycles. The van der Waals surface area contributed by atoms with Gasteiger partial charge in [-0.3, -0.25) is 9.29 Å². The topological polar surface area (TPSA) is 50.3 Å². The molecule has 0 atom stereocenters. The Balaban J connectivity index is 2.20. The molecule has 4 nitrogen and oxygen atoms in total. The van der Waals surface area contributed by atoms with Gasteiger partial charge in [-0.2, -0.15) is 0 Å².